The van der Waals surface area contributed by atoms with Gasteiger partial charge in [-0.15, -0.1) is 0 Å². The molecule has 0 aliphatic heterocycles. The Bertz CT molecular complexity index is 237. The Morgan fingerprint density at radius 2 is 2.50 bits per heavy atom. The van der Waals surface area contributed by atoms with Crippen molar-refractivity contribution in [1.29, 1.82) is 0 Å². The van der Waals surface area contributed by atoms with Crippen molar-refractivity contribution in [3.05, 3.63) is 23.7 Å². The highest BCUT2D eigenvalue weighted by Crippen LogP contribution is 2.07. The molecule has 1 N–H and O–H groups in total. The number of aliphatic hydroxyl groups excluding tert-OH is 1. The highest BCUT2D eigenvalue weighted by molar-refractivity contribution is 5.91. The fraction of sp³-hybridized carbons (Fsp3) is 0.286. The minimum atomic E-state index is -0.125. The lowest BCUT2D eigenvalue weighted by molar-refractivity contribution is 0.0987. The van der Waals surface area contributed by atoms with Crippen LogP contribution in [0.25, 0.3) is 0 Å². The Hall–Kier alpha value is -1.09. The van der Waals surface area contributed by atoms with E-state index in [0.29, 0.717) is 11.3 Å². The van der Waals surface area contributed by atoms with Crippen molar-refractivity contribution in [3.63, 3.8) is 0 Å². The summed E-state index contributed by atoms with van der Waals surface area (Å²) in [6, 6.07) is 1.53. The maximum atomic E-state index is 10.6. The van der Waals surface area contributed by atoms with Crippen LogP contribution in [0.2, 0.25) is 0 Å². The van der Waals surface area contributed by atoms with E-state index in [2.05, 4.69) is 0 Å². The number of furan rings is 1. The van der Waals surface area contributed by atoms with Gasteiger partial charge in [0.1, 0.15) is 0 Å². The Kier molecular flexibility index (Phi) is 1.87. The van der Waals surface area contributed by atoms with E-state index in [1.807, 2.05) is 0 Å². The molecule has 0 atom stereocenters. The topological polar surface area (TPSA) is 50.4 Å². The van der Waals surface area contributed by atoms with Gasteiger partial charge < -0.3 is 9.52 Å². The van der Waals surface area contributed by atoms with Gasteiger partial charge in [-0.2, -0.15) is 0 Å². The van der Waals surface area contributed by atoms with Gasteiger partial charge in [0.15, 0.2) is 11.5 Å². The molecule has 1 aromatic rings. The van der Waals surface area contributed by atoms with Crippen LogP contribution in [0.1, 0.15) is 23.0 Å². The normalized spacial score (nSPS) is 9.80. The van der Waals surface area contributed by atoms with Gasteiger partial charge in [-0.05, 0) is 6.07 Å². The van der Waals surface area contributed by atoms with E-state index in [4.69, 9.17) is 9.52 Å². The van der Waals surface area contributed by atoms with E-state index in [-0.39, 0.29) is 12.4 Å². The Morgan fingerprint density at radius 1 is 1.80 bits per heavy atom. The molecule has 0 amide bonds. The van der Waals surface area contributed by atoms with Gasteiger partial charge in [0.25, 0.3) is 0 Å². The summed E-state index contributed by atoms with van der Waals surface area (Å²) in [7, 11) is 0. The number of Topliss-reactive ketones (excluding diaryl/α,β-unsaturated/α-hetero) is 1. The third kappa shape index (κ3) is 1.25. The third-order valence-electron chi connectivity index (χ3n) is 1.18. The molecule has 3 heteroatoms. The van der Waals surface area contributed by atoms with Crippen LogP contribution in [-0.2, 0) is 6.61 Å². The van der Waals surface area contributed by atoms with Crippen LogP contribution < -0.4 is 0 Å². The minimum Gasteiger partial charge on any atom is -0.461 e. The molecule has 0 aromatic carbocycles. The molecule has 3 nitrogen and oxygen atoms in total. The molecule has 1 heterocycles. The number of carbonyl (C=O) groups is 1. The smallest absolute Gasteiger partial charge is 0.194 e. The van der Waals surface area contributed by atoms with Crippen LogP contribution in [0.4, 0.5) is 0 Å². The summed E-state index contributed by atoms with van der Waals surface area (Å²) in [5, 5.41) is 8.56. The van der Waals surface area contributed by atoms with Gasteiger partial charge in [-0.3, -0.25) is 4.79 Å². The first-order valence-electron chi connectivity index (χ1n) is 2.93. The average Bonchev–Trinajstić information content (AvgIpc) is 2.34. The van der Waals surface area contributed by atoms with E-state index in [9.17, 15) is 4.79 Å². The quantitative estimate of drug-likeness (QED) is 0.623. The van der Waals surface area contributed by atoms with Gasteiger partial charge >= 0.3 is 0 Å². The second kappa shape index (κ2) is 2.66. The number of hydrogen-bond donors (Lipinski definition) is 1. The van der Waals surface area contributed by atoms with Gasteiger partial charge in [0.05, 0.1) is 12.9 Å². The van der Waals surface area contributed by atoms with Crippen LogP contribution in [-0.4, -0.2) is 10.9 Å². The molecule has 1 rings (SSSR count). The second-order valence-corrected chi connectivity index (χ2v) is 2.03. The molecule has 0 saturated carbocycles. The highest BCUT2D eigenvalue weighted by Gasteiger charge is 2.03. The van der Waals surface area contributed by atoms with Crippen LogP contribution in [0, 0.1) is 0 Å². The molecular weight excluding hydrogens is 132 g/mol. The zero-order valence-electron chi connectivity index (χ0n) is 5.63. The van der Waals surface area contributed by atoms with E-state index in [1.165, 1.54) is 19.3 Å². The zero-order chi connectivity index (χ0) is 7.56. The summed E-state index contributed by atoms with van der Waals surface area (Å²) >= 11 is 0. The Morgan fingerprint density at radius 3 is 2.80 bits per heavy atom. The van der Waals surface area contributed by atoms with Crippen molar-refractivity contribution in [3.8, 4) is 0 Å². The van der Waals surface area contributed by atoms with Gasteiger partial charge in [-0.1, -0.05) is 0 Å². The Balaban J connectivity index is 2.88. The van der Waals surface area contributed by atoms with Crippen molar-refractivity contribution in [2.24, 2.45) is 0 Å². The number of rotatable bonds is 2. The predicted octanol–water partition coefficient (Wildman–Crippen LogP) is 0.975. The van der Waals surface area contributed by atoms with E-state index >= 15 is 0 Å². The van der Waals surface area contributed by atoms with E-state index < -0.39 is 0 Å². The number of aliphatic hydroxyl groups is 1. The van der Waals surface area contributed by atoms with Crippen molar-refractivity contribution in [1.82, 2.24) is 0 Å². The lowest BCUT2D eigenvalue weighted by Crippen LogP contribution is -1.86. The van der Waals surface area contributed by atoms with Crippen LogP contribution in [0.3, 0.4) is 0 Å². The molecule has 0 radical (unpaired) electrons. The summed E-state index contributed by atoms with van der Waals surface area (Å²) in [5.41, 5.74) is 0.630. The zero-order valence-corrected chi connectivity index (χ0v) is 5.63. The summed E-state index contributed by atoms with van der Waals surface area (Å²) in [6.07, 6.45) is 1.37. The average molecular weight is 140 g/mol. The first kappa shape index (κ1) is 7.02. The summed E-state index contributed by atoms with van der Waals surface area (Å²) in [6.45, 7) is 1.33. The Labute approximate surface area is 58.3 Å². The van der Waals surface area contributed by atoms with Gasteiger partial charge in [-0.25, -0.2) is 0 Å². The number of ketones is 1. The number of carbonyl (C=O) groups excluding carboxylic acids is 1. The molecular formula is C7H8O3. The summed E-state index contributed by atoms with van der Waals surface area (Å²) < 4.78 is 4.81. The maximum absolute atomic E-state index is 10.6. The highest BCUT2D eigenvalue weighted by atomic mass is 16.3. The van der Waals surface area contributed by atoms with Crippen molar-refractivity contribution < 1.29 is 14.3 Å². The fourth-order valence-electron chi connectivity index (χ4n) is 0.643. The first-order chi connectivity index (χ1) is 4.74. The molecule has 0 saturated heterocycles. The minimum absolute atomic E-state index is 0.0865. The van der Waals surface area contributed by atoms with Crippen LogP contribution >= 0.6 is 0 Å². The lowest BCUT2D eigenvalue weighted by Gasteiger charge is -1.81. The van der Waals surface area contributed by atoms with Crippen molar-refractivity contribution >= 4 is 5.78 Å². The first-order valence-corrected chi connectivity index (χ1v) is 2.93. The number of hydrogen-bond acceptors (Lipinski definition) is 3. The predicted molar refractivity (Wildman–Crippen MR) is 34.6 cm³/mol. The van der Waals surface area contributed by atoms with Crippen molar-refractivity contribution in [2.75, 3.05) is 0 Å². The van der Waals surface area contributed by atoms with Gasteiger partial charge in [0.2, 0.25) is 0 Å². The molecule has 0 bridgehead atoms. The molecule has 10 heavy (non-hydrogen) atoms. The molecule has 1 aromatic heterocycles. The van der Waals surface area contributed by atoms with Crippen LogP contribution in [0.15, 0.2) is 16.7 Å². The van der Waals surface area contributed by atoms with Crippen LogP contribution in [0.5, 0.6) is 0 Å². The third-order valence-corrected chi connectivity index (χ3v) is 1.18. The van der Waals surface area contributed by atoms with E-state index in [0.717, 1.165) is 0 Å². The molecule has 0 aliphatic rings. The molecule has 0 unspecified atom stereocenters. The van der Waals surface area contributed by atoms with Gasteiger partial charge in [0, 0.05) is 12.5 Å². The SMILES string of the molecule is CC(=O)c1cc(CO)co1. The van der Waals surface area contributed by atoms with E-state index in [1.54, 1.807) is 0 Å². The maximum Gasteiger partial charge on any atom is 0.194 e. The summed E-state index contributed by atoms with van der Waals surface area (Å²) in [5.74, 6) is 0.170. The summed E-state index contributed by atoms with van der Waals surface area (Å²) in [4.78, 5) is 10.6. The molecule has 54 valence electrons. The standard InChI is InChI=1S/C7H8O3/c1-5(9)7-2-6(3-8)4-10-7/h2,4,8H,3H2,1H3. The largest absolute Gasteiger partial charge is 0.461 e. The molecule has 0 fully saturated rings. The molecule has 0 spiro atoms. The monoisotopic (exact) mass is 140 g/mol. The van der Waals surface area contributed by atoms with Crippen molar-refractivity contribution in [2.45, 2.75) is 13.5 Å². The second-order valence-electron chi connectivity index (χ2n) is 2.03. The molecule has 0 aliphatic carbocycles. The fourth-order valence-corrected chi connectivity index (χ4v) is 0.643. The lowest BCUT2D eigenvalue weighted by atomic mass is 10.3.